The van der Waals surface area contributed by atoms with Crippen LogP contribution in [0.3, 0.4) is 0 Å². The Morgan fingerprint density at radius 1 is 1.06 bits per heavy atom. The number of rotatable bonds is 6. The zero-order chi connectivity index (χ0) is 23.7. The first-order chi connectivity index (χ1) is 16.5. The van der Waals surface area contributed by atoms with Crippen LogP contribution in [0.5, 0.6) is 5.75 Å². The van der Waals surface area contributed by atoms with E-state index in [1.54, 1.807) is 24.6 Å². The number of amides is 1. The number of thiazole rings is 1. The van der Waals surface area contributed by atoms with Crippen LogP contribution in [0, 0.1) is 0 Å². The molecule has 0 N–H and O–H groups in total. The first kappa shape index (κ1) is 22.3. The van der Waals surface area contributed by atoms with Gasteiger partial charge in [-0.15, -0.1) is 22.7 Å². The largest absolute Gasteiger partial charge is 0.495 e. The van der Waals surface area contributed by atoms with E-state index < -0.39 is 0 Å². The van der Waals surface area contributed by atoms with Gasteiger partial charge >= 0.3 is 5.97 Å². The van der Waals surface area contributed by atoms with Crippen molar-refractivity contribution in [2.24, 2.45) is 0 Å². The monoisotopic (exact) mass is 490 g/mol. The van der Waals surface area contributed by atoms with Crippen LogP contribution in [0.25, 0.3) is 10.4 Å². The minimum absolute atomic E-state index is 0.0339. The number of para-hydroxylation sites is 2. The lowest BCUT2D eigenvalue weighted by atomic mass is 9.91. The van der Waals surface area contributed by atoms with Crippen LogP contribution in [0.1, 0.15) is 33.4 Å². The van der Waals surface area contributed by atoms with Crippen LogP contribution in [0.15, 0.2) is 60.0 Å². The molecule has 0 atom stereocenters. The molecule has 0 fully saturated rings. The number of hydrogen-bond acceptors (Lipinski definition) is 7. The number of ether oxygens (including phenoxy) is 2. The highest BCUT2D eigenvalue weighted by atomic mass is 32.1. The van der Waals surface area contributed by atoms with Crippen LogP contribution in [-0.4, -0.2) is 24.0 Å². The summed E-state index contributed by atoms with van der Waals surface area (Å²) in [6.07, 6.45) is 1.91. The molecule has 0 radical (unpaired) electrons. The van der Waals surface area contributed by atoms with Crippen molar-refractivity contribution in [3.63, 3.8) is 0 Å². The van der Waals surface area contributed by atoms with Gasteiger partial charge in [0.2, 0.25) is 5.91 Å². The van der Waals surface area contributed by atoms with Crippen LogP contribution < -0.4 is 9.64 Å². The fourth-order valence-electron chi connectivity index (χ4n) is 4.07. The number of aryl methyl sites for hydroxylation is 2. The third-order valence-corrected chi connectivity index (χ3v) is 7.72. The Labute approximate surface area is 205 Å². The number of carbonyl (C=O) groups is 2. The van der Waals surface area contributed by atoms with E-state index in [4.69, 9.17) is 9.47 Å². The van der Waals surface area contributed by atoms with Gasteiger partial charge in [-0.3, -0.25) is 9.69 Å². The van der Waals surface area contributed by atoms with E-state index in [1.807, 2.05) is 24.3 Å². The first-order valence-electron chi connectivity index (χ1n) is 10.8. The maximum Gasteiger partial charge on any atom is 0.348 e. The quantitative estimate of drug-likeness (QED) is 0.309. The molecule has 4 aromatic rings. The average Bonchev–Trinajstić information content (AvgIpc) is 3.50. The molecule has 172 valence electrons. The SMILES string of the molecule is COc1ccccc1N(C(C)=O)c1nc(COC(=O)c2cc3c(s2)-c2ccccc2CC3)cs1. The number of nitrogens with zero attached hydrogens (tertiary/aromatic N) is 2. The molecule has 5 rings (SSSR count). The molecule has 8 heteroatoms. The Balaban J connectivity index is 1.31. The number of esters is 1. The molecule has 0 unspecified atom stereocenters. The van der Waals surface area contributed by atoms with E-state index >= 15 is 0 Å². The van der Waals surface area contributed by atoms with Gasteiger partial charge in [0.1, 0.15) is 17.2 Å². The molecule has 0 spiro atoms. The van der Waals surface area contributed by atoms with Crippen molar-refractivity contribution in [3.8, 4) is 16.2 Å². The zero-order valence-electron chi connectivity index (χ0n) is 18.7. The van der Waals surface area contributed by atoms with E-state index in [-0.39, 0.29) is 18.5 Å². The van der Waals surface area contributed by atoms with E-state index in [2.05, 4.69) is 23.2 Å². The summed E-state index contributed by atoms with van der Waals surface area (Å²) in [5.74, 6) is 0.0236. The Kier molecular flexibility index (Phi) is 6.17. The molecule has 1 aliphatic carbocycles. The summed E-state index contributed by atoms with van der Waals surface area (Å²) in [5.41, 5.74) is 4.91. The average molecular weight is 491 g/mol. The maximum atomic E-state index is 12.8. The fraction of sp³-hybridized carbons (Fsp3) is 0.192. The molecular formula is C26H22N2O4S2. The van der Waals surface area contributed by atoms with Gasteiger partial charge in [0.25, 0.3) is 0 Å². The third kappa shape index (κ3) is 4.22. The van der Waals surface area contributed by atoms with E-state index in [9.17, 15) is 9.59 Å². The molecule has 1 aliphatic rings. The molecule has 2 heterocycles. The highest BCUT2D eigenvalue weighted by Gasteiger charge is 2.24. The zero-order valence-corrected chi connectivity index (χ0v) is 20.4. The molecule has 0 saturated heterocycles. The van der Waals surface area contributed by atoms with Crippen LogP contribution >= 0.6 is 22.7 Å². The number of benzene rings is 2. The Morgan fingerprint density at radius 3 is 2.65 bits per heavy atom. The summed E-state index contributed by atoms with van der Waals surface area (Å²) in [6, 6.07) is 17.6. The smallest absolute Gasteiger partial charge is 0.348 e. The third-order valence-electron chi connectivity index (χ3n) is 5.66. The summed E-state index contributed by atoms with van der Waals surface area (Å²) in [4.78, 5) is 33.0. The van der Waals surface area contributed by atoms with Gasteiger partial charge in [-0.1, -0.05) is 36.4 Å². The number of thiophene rings is 1. The van der Waals surface area contributed by atoms with Crippen molar-refractivity contribution in [1.29, 1.82) is 0 Å². The van der Waals surface area contributed by atoms with Crippen LogP contribution in [0.4, 0.5) is 10.8 Å². The number of aromatic nitrogens is 1. The van der Waals surface area contributed by atoms with Gasteiger partial charge < -0.3 is 9.47 Å². The second kappa shape index (κ2) is 9.40. The minimum Gasteiger partial charge on any atom is -0.495 e. The normalized spacial score (nSPS) is 11.9. The topological polar surface area (TPSA) is 68.7 Å². The van der Waals surface area contributed by atoms with Gasteiger partial charge in [-0.2, -0.15) is 0 Å². The van der Waals surface area contributed by atoms with Gasteiger partial charge in [-0.05, 0) is 47.7 Å². The van der Waals surface area contributed by atoms with Gasteiger partial charge in [-0.25, -0.2) is 9.78 Å². The number of methoxy groups -OCH3 is 1. The summed E-state index contributed by atoms with van der Waals surface area (Å²) < 4.78 is 11.0. The molecule has 0 saturated carbocycles. The lowest BCUT2D eigenvalue weighted by Crippen LogP contribution is -2.23. The second-order valence-corrected chi connectivity index (χ2v) is 9.73. The van der Waals surface area contributed by atoms with Crippen molar-refractivity contribution in [3.05, 3.63) is 81.7 Å². The summed E-state index contributed by atoms with van der Waals surface area (Å²) in [6.45, 7) is 1.51. The number of anilines is 2. The Hall–Kier alpha value is -3.49. The highest BCUT2D eigenvalue weighted by molar-refractivity contribution is 7.17. The van der Waals surface area contributed by atoms with Gasteiger partial charge in [0.15, 0.2) is 5.13 Å². The molecule has 34 heavy (non-hydrogen) atoms. The molecule has 6 nitrogen and oxygen atoms in total. The predicted octanol–water partition coefficient (Wildman–Crippen LogP) is 6.02. The molecule has 0 bridgehead atoms. The molecule has 1 amide bonds. The van der Waals surface area contributed by atoms with Gasteiger partial charge in [0.05, 0.1) is 18.5 Å². The summed E-state index contributed by atoms with van der Waals surface area (Å²) >= 11 is 2.79. The highest BCUT2D eigenvalue weighted by Crippen LogP contribution is 2.40. The molecule has 2 aromatic heterocycles. The number of fused-ring (bicyclic) bond motifs is 3. The van der Waals surface area contributed by atoms with Crippen LogP contribution in [0.2, 0.25) is 0 Å². The standard InChI is InChI=1S/C26H22N2O4S2/c1-16(29)28(21-9-5-6-10-22(21)31-2)26-27-19(15-33-26)14-32-25(30)23-13-18-12-11-17-7-3-4-8-20(17)24(18)34-23/h3-10,13,15H,11-12,14H2,1-2H3. The number of hydrogen-bond donors (Lipinski definition) is 0. The maximum absolute atomic E-state index is 12.8. The van der Waals surface area contributed by atoms with E-state index in [0.29, 0.717) is 27.1 Å². The van der Waals surface area contributed by atoms with Crippen molar-refractivity contribution in [2.75, 3.05) is 12.0 Å². The lowest BCUT2D eigenvalue weighted by molar-refractivity contribution is -0.115. The molecular weight excluding hydrogens is 468 g/mol. The van der Waals surface area contributed by atoms with Crippen molar-refractivity contribution < 1.29 is 19.1 Å². The van der Waals surface area contributed by atoms with Gasteiger partial charge in [0, 0.05) is 17.2 Å². The Morgan fingerprint density at radius 2 is 1.82 bits per heavy atom. The van der Waals surface area contributed by atoms with Crippen LogP contribution in [-0.2, 0) is 29.0 Å². The van der Waals surface area contributed by atoms with Crippen molar-refractivity contribution in [2.45, 2.75) is 26.4 Å². The summed E-state index contributed by atoms with van der Waals surface area (Å²) in [7, 11) is 1.56. The fourth-order valence-corrected chi connectivity index (χ4v) is 6.10. The van der Waals surface area contributed by atoms with E-state index in [0.717, 1.165) is 17.7 Å². The van der Waals surface area contributed by atoms with Crippen molar-refractivity contribution >= 4 is 45.4 Å². The first-order valence-corrected chi connectivity index (χ1v) is 12.5. The Bertz CT molecular complexity index is 1370. The number of carbonyl (C=O) groups excluding carboxylic acids is 2. The molecule has 0 aliphatic heterocycles. The predicted molar refractivity (Wildman–Crippen MR) is 134 cm³/mol. The lowest BCUT2D eigenvalue weighted by Gasteiger charge is -2.20. The minimum atomic E-state index is -0.361. The molecule has 2 aromatic carbocycles. The second-order valence-electron chi connectivity index (χ2n) is 7.85. The summed E-state index contributed by atoms with van der Waals surface area (Å²) in [5, 5.41) is 2.29. The van der Waals surface area contributed by atoms with Crippen molar-refractivity contribution in [1.82, 2.24) is 4.98 Å². The van der Waals surface area contributed by atoms with E-state index in [1.165, 1.54) is 51.2 Å².